The molecule has 0 aromatic heterocycles. The van der Waals surface area contributed by atoms with Crippen molar-refractivity contribution in [1.29, 1.82) is 0 Å². The van der Waals surface area contributed by atoms with Gasteiger partial charge in [-0.05, 0) is 6.07 Å². The number of rotatable bonds is 0. The van der Waals surface area contributed by atoms with E-state index in [-0.39, 0.29) is 5.70 Å². The highest BCUT2D eigenvalue weighted by atomic mass is 16.1. The summed E-state index contributed by atoms with van der Waals surface area (Å²) in [6.45, 7) is 0. The lowest BCUT2D eigenvalue weighted by atomic mass is 10.3. The monoisotopic (exact) mass is 142 g/mol. The summed E-state index contributed by atoms with van der Waals surface area (Å²) in [5, 5.41) is 1.66. The number of fused-ring (bicyclic) bond motifs is 1. The van der Waals surface area contributed by atoms with Crippen LogP contribution >= 0.6 is 0 Å². The fourth-order valence-corrected chi connectivity index (χ4v) is 1.00. The van der Waals surface area contributed by atoms with Gasteiger partial charge in [-0.1, -0.05) is 18.2 Å². The molecular formula is C9H4NO. The number of hydrogen-bond acceptors (Lipinski definition) is 2. The highest BCUT2D eigenvalue weighted by Gasteiger charge is 1.98. The predicted octanol–water partition coefficient (Wildman–Crippen LogP) is -0.307. The molecule has 0 unspecified atom stereocenters. The van der Waals surface area contributed by atoms with Crippen LogP contribution < -0.4 is 10.6 Å². The van der Waals surface area contributed by atoms with Gasteiger partial charge in [-0.2, -0.15) is 0 Å². The van der Waals surface area contributed by atoms with Crippen molar-refractivity contribution in [3.05, 3.63) is 40.5 Å². The lowest BCUT2D eigenvalue weighted by Crippen LogP contribution is -2.19. The number of para-hydroxylation sites is 1. The van der Waals surface area contributed by atoms with E-state index in [1.54, 1.807) is 5.94 Å². The standard InChI is InChI=1S/C9H4NO/c11-6-8-5-7-3-1-2-4-9(7)10-8/h1-4H. The molecule has 1 aromatic carbocycles. The Balaban J connectivity index is 2.91. The minimum atomic E-state index is 0.256. The molecule has 0 saturated carbocycles. The highest BCUT2D eigenvalue weighted by Crippen LogP contribution is 1.93. The van der Waals surface area contributed by atoms with Crippen molar-refractivity contribution in [2.45, 2.75) is 0 Å². The molecule has 1 aromatic rings. The molecular weight excluding hydrogens is 138 g/mol. The molecule has 1 radical (unpaired) electrons. The minimum Gasteiger partial charge on any atom is -0.236 e. The molecule has 51 valence electrons. The van der Waals surface area contributed by atoms with Gasteiger partial charge in [0, 0.05) is 11.3 Å². The van der Waals surface area contributed by atoms with E-state index in [1.807, 2.05) is 24.3 Å². The molecule has 0 atom stereocenters. The Labute approximate surface area is 63.2 Å². The molecule has 0 aliphatic carbocycles. The average Bonchev–Trinajstić information content (AvgIpc) is 2.46. The Hall–Kier alpha value is -1.66. The molecule has 0 saturated heterocycles. The van der Waals surface area contributed by atoms with Gasteiger partial charge in [0.05, 0.1) is 5.36 Å². The average molecular weight is 142 g/mol. The Morgan fingerprint density at radius 2 is 2.18 bits per heavy atom. The molecule has 1 aliphatic heterocycles. The summed E-state index contributed by atoms with van der Waals surface area (Å²) in [4.78, 5) is 14.1. The van der Waals surface area contributed by atoms with Crippen molar-refractivity contribution >= 4 is 12.0 Å². The molecule has 0 spiro atoms. The van der Waals surface area contributed by atoms with E-state index in [0.717, 1.165) is 10.6 Å². The lowest BCUT2D eigenvalue weighted by molar-refractivity contribution is 0.567. The van der Waals surface area contributed by atoms with Crippen LogP contribution in [-0.4, -0.2) is 5.94 Å². The van der Waals surface area contributed by atoms with Gasteiger partial charge in [0.2, 0.25) is 0 Å². The number of allylic oxidation sites excluding steroid dienone is 1. The first-order chi connectivity index (χ1) is 5.40. The normalized spacial score (nSPS) is 12.9. The van der Waals surface area contributed by atoms with Gasteiger partial charge in [-0.25, -0.2) is 9.79 Å². The van der Waals surface area contributed by atoms with Crippen LogP contribution in [-0.2, 0) is 4.79 Å². The van der Waals surface area contributed by atoms with Crippen molar-refractivity contribution in [2.24, 2.45) is 4.99 Å². The van der Waals surface area contributed by atoms with E-state index in [0.29, 0.717) is 0 Å². The summed E-state index contributed by atoms with van der Waals surface area (Å²) in [5.74, 6) is 1.70. The van der Waals surface area contributed by atoms with Crippen LogP contribution in [0.3, 0.4) is 0 Å². The van der Waals surface area contributed by atoms with Crippen molar-refractivity contribution in [1.82, 2.24) is 0 Å². The van der Waals surface area contributed by atoms with E-state index < -0.39 is 0 Å². The van der Waals surface area contributed by atoms with Crippen LogP contribution in [0, 0.1) is 0 Å². The van der Waals surface area contributed by atoms with Gasteiger partial charge < -0.3 is 0 Å². The Kier molecular flexibility index (Phi) is 1.21. The molecule has 2 nitrogen and oxygen atoms in total. The van der Waals surface area contributed by atoms with Crippen LogP contribution in [0.4, 0.5) is 0 Å². The summed E-state index contributed by atoms with van der Waals surface area (Å²) in [7, 11) is 0. The first kappa shape index (κ1) is 6.08. The molecule has 0 N–H and O–H groups in total. The number of carbonyl (C=O) groups excluding carboxylic acids is 1. The number of benzene rings is 1. The van der Waals surface area contributed by atoms with Gasteiger partial charge in [0.25, 0.3) is 0 Å². The minimum absolute atomic E-state index is 0.256. The van der Waals surface area contributed by atoms with E-state index in [2.05, 4.69) is 11.1 Å². The van der Waals surface area contributed by atoms with Crippen molar-refractivity contribution in [3.8, 4) is 0 Å². The maximum atomic E-state index is 10.2. The predicted molar refractivity (Wildman–Crippen MR) is 39.8 cm³/mol. The van der Waals surface area contributed by atoms with Gasteiger partial charge in [0.1, 0.15) is 0 Å². The SMILES string of the molecule is O=C=C1[C]=c2ccccc2=N1. The summed E-state index contributed by atoms with van der Waals surface area (Å²) in [5.41, 5.74) is 0.256. The van der Waals surface area contributed by atoms with Crippen LogP contribution in [0.15, 0.2) is 35.0 Å². The molecule has 0 bridgehead atoms. The van der Waals surface area contributed by atoms with Crippen molar-refractivity contribution in [3.63, 3.8) is 0 Å². The largest absolute Gasteiger partial charge is 0.236 e. The maximum absolute atomic E-state index is 10.2. The Morgan fingerprint density at radius 1 is 1.36 bits per heavy atom. The fraction of sp³-hybridized carbons (Fsp3) is 0. The Bertz CT molecular complexity index is 416. The number of nitrogens with zero attached hydrogens (tertiary/aromatic N) is 1. The second-order valence-electron chi connectivity index (χ2n) is 2.20. The molecule has 0 amide bonds. The van der Waals surface area contributed by atoms with Gasteiger partial charge >= 0.3 is 0 Å². The molecule has 0 fully saturated rings. The van der Waals surface area contributed by atoms with Crippen molar-refractivity contribution in [2.75, 3.05) is 0 Å². The van der Waals surface area contributed by atoms with Gasteiger partial charge in [-0.15, -0.1) is 0 Å². The topological polar surface area (TPSA) is 29.4 Å². The molecule has 2 heteroatoms. The molecule has 1 heterocycles. The first-order valence-electron chi connectivity index (χ1n) is 3.23. The summed E-state index contributed by atoms with van der Waals surface area (Å²) in [6, 6.07) is 7.46. The second kappa shape index (κ2) is 2.19. The zero-order valence-corrected chi connectivity index (χ0v) is 5.66. The summed E-state index contributed by atoms with van der Waals surface area (Å²) < 4.78 is 0. The first-order valence-corrected chi connectivity index (χ1v) is 3.23. The Morgan fingerprint density at radius 3 is 2.91 bits per heavy atom. The zero-order valence-electron chi connectivity index (χ0n) is 5.66. The van der Waals surface area contributed by atoms with E-state index >= 15 is 0 Å². The summed E-state index contributed by atoms with van der Waals surface area (Å²) in [6.07, 6.45) is 2.81. The quantitative estimate of drug-likeness (QED) is 0.457. The second-order valence-corrected chi connectivity index (χ2v) is 2.20. The molecule has 2 rings (SSSR count). The van der Waals surface area contributed by atoms with E-state index in [1.165, 1.54) is 0 Å². The summed E-state index contributed by atoms with van der Waals surface area (Å²) >= 11 is 0. The van der Waals surface area contributed by atoms with Gasteiger partial charge in [-0.3, -0.25) is 0 Å². The fourth-order valence-electron chi connectivity index (χ4n) is 1.00. The third-order valence-electron chi connectivity index (χ3n) is 1.49. The van der Waals surface area contributed by atoms with Crippen LogP contribution in [0.25, 0.3) is 6.08 Å². The highest BCUT2D eigenvalue weighted by molar-refractivity contribution is 5.68. The van der Waals surface area contributed by atoms with E-state index in [9.17, 15) is 4.79 Å². The third kappa shape index (κ3) is 0.896. The lowest BCUT2D eigenvalue weighted by Gasteiger charge is -1.77. The molecule has 11 heavy (non-hydrogen) atoms. The van der Waals surface area contributed by atoms with Gasteiger partial charge in [0.15, 0.2) is 11.6 Å². The van der Waals surface area contributed by atoms with Crippen molar-refractivity contribution < 1.29 is 4.79 Å². The zero-order chi connectivity index (χ0) is 7.68. The molecule has 1 aliphatic rings. The van der Waals surface area contributed by atoms with Crippen LogP contribution in [0.2, 0.25) is 0 Å². The maximum Gasteiger partial charge on any atom is 0.156 e. The number of hydrogen-bond donors (Lipinski definition) is 0. The third-order valence-corrected chi connectivity index (χ3v) is 1.49. The van der Waals surface area contributed by atoms with E-state index in [4.69, 9.17) is 0 Å². The van der Waals surface area contributed by atoms with Crippen LogP contribution in [0.1, 0.15) is 0 Å². The smallest absolute Gasteiger partial charge is 0.156 e. The van der Waals surface area contributed by atoms with Crippen LogP contribution in [0.5, 0.6) is 0 Å².